The number of carbonyl (C=O) groups excluding carboxylic acids is 1. The molecule has 0 unspecified atom stereocenters. The van der Waals surface area contributed by atoms with Crippen LogP contribution in [0.25, 0.3) is 11.0 Å². The second-order valence-electron chi connectivity index (χ2n) is 5.58. The minimum atomic E-state index is -4.76. The summed E-state index contributed by atoms with van der Waals surface area (Å²) in [6, 6.07) is 12.5. The highest BCUT2D eigenvalue weighted by Gasteiger charge is 2.32. The number of carbonyl (C=O) groups is 1. The van der Waals surface area contributed by atoms with Crippen LogP contribution in [0.3, 0.4) is 0 Å². The van der Waals surface area contributed by atoms with Crippen LogP contribution in [0.15, 0.2) is 48.5 Å². The fraction of sp³-hybridized carbons (Fsp3) is 0.176. The van der Waals surface area contributed by atoms with Crippen LogP contribution in [0.4, 0.5) is 19.1 Å². The number of para-hydroxylation sites is 2. The molecule has 1 aliphatic heterocycles. The zero-order chi connectivity index (χ0) is 17.6. The van der Waals surface area contributed by atoms with E-state index in [4.69, 9.17) is 0 Å². The fourth-order valence-corrected chi connectivity index (χ4v) is 2.94. The Morgan fingerprint density at radius 3 is 2.48 bits per heavy atom. The van der Waals surface area contributed by atoms with Crippen molar-refractivity contribution in [1.82, 2.24) is 9.55 Å². The maximum Gasteiger partial charge on any atom is 0.573 e. The first-order valence-corrected chi connectivity index (χ1v) is 7.55. The minimum Gasteiger partial charge on any atom is -0.406 e. The minimum absolute atomic E-state index is 0.273. The summed E-state index contributed by atoms with van der Waals surface area (Å²) in [5, 5.41) is 0. The third kappa shape index (κ3) is 2.79. The Bertz CT molecular complexity index is 948. The summed E-state index contributed by atoms with van der Waals surface area (Å²) in [5.41, 5.74) is 2.01. The predicted molar refractivity (Wildman–Crippen MR) is 84.5 cm³/mol. The Morgan fingerprint density at radius 2 is 1.76 bits per heavy atom. The smallest absolute Gasteiger partial charge is 0.406 e. The molecule has 25 heavy (non-hydrogen) atoms. The number of fused-ring (bicyclic) bond motifs is 3. The molecule has 0 N–H and O–H groups in total. The van der Waals surface area contributed by atoms with Gasteiger partial charge in [0.15, 0.2) is 0 Å². The van der Waals surface area contributed by atoms with Crippen molar-refractivity contribution in [3.8, 4) is 5.75 Å². The van der Waals surface area contributed by atoms with Crippen LogP contribution < -0.4 is 9.64 Å². The molecule has 0 radical (unpaired) electrons. The predicted octanol–water partition coefficient (Wildman–Crippen LogP) is 3.60. The van der Waals surface area contributed by atoms with Gasteiger partial charge in [-0.1, -0.05) is 12.1 Å². The van der Waals surface area contributed by atoms with Gasteiger partial charge in [0.25, 0.3) is 5.91 Å². The summed E-state index contributed by atoms with van der Waals surface area (Å²) in [4.78, 5) is 18.7. The SMILES string of the molecule is O=C(c1ccc(OC(F)(F)F)cc1)N1CCn2c1nc1ccccc12. The molecule has 0 atom stereocenters. The molecule has 128 valence electrons. The van der Waals surface area contributed by atoms with Crippen molar-refractivity contribution in [2.45, 2.75) is 12.9 Å². The van der Waals surface area contributed by atoms with Crippen LogP contribution in [0.2, 0.25) is 0 Å². The Balaban J connectivity index is 1.61. The molecule has 2 heterocycles. The van der Waals surface area contributed by atoms with Crippen molar-refractivity contribution in [3.05, 3.63) is 54.1 Å². The van der Waals surface area contributed by atoms with Gasteiger partial charge in [-0.2, -0.15) is 0 Å². The second kappa shape index (κ2) is 5.51. The van der Waals surface area contributed by atoms with E-state index in [0.717, 1.165) is 23.2 Å². The molecule has 0 fully saturated rings. The average molecular weight is 347 g/mol. The third-order valence-corrected chi connectivity index (χ3v) is 4.00. The van der Waals surface area contributed by atoms with E-state index in [1.807, 2.05) is 28.8 Å². The largest absolute Gasteiger partial charge is 0.573 e. The van der Waals surface area contributed by atoms with Gasteiger partial charge in [-0.15, -0.1) is 13.2 Å². The van der Waals surface area contributed by atoms with E-state index in [0.29, 0.717) is 19.0 Å². The van der Waals surface area contributed by atoms with E-state index < -0.39 is 6.36 Å². The van der Waals surface area contributed by atoms with Crippen LogP contribution in [0, 0.1) is 0 Å². The highest BCUT2D eigenvalue weighted by molar-refractivity contribution is 6.06. The Labute approximate surface area is 140 Å². The monoisotopic (exact) mass is 347 g/mol. The van der Waals surface area contributed by atoms with Crippen LogP contribution in [0.5, 0.6) is 5.75 Å². The number of aromatic nitrogens is 2. The molecule has 0 saturated heterocycles. The molecule has 2 aromatic carbocycles. The summed E-state index contributed by atoms with van der Waals surface area (Å²) in [5.74, 6) is -0.132. The molecule has 5 nitrogen and oxygen atoms in total. The number of benzene rings is 2. The van der Waals surface area contributed by atoms with Gasteiger partial charge < -0.3 is 9.30 Å². The van der Waals surface area contributed by atoms with E-state index in [1.165, 1.54) is 17.0 Å². The Morgan fingerprint density at radius 1 is 1.04 bits per heavy atom. The zero-order valence-corrected chi connectivity index (χ0v) is 12.8. The second-order valence-corrected chi connectivity index (χ2v) is 5.58. The lowest BCUT2D eigenvalue weighted by Gasteiger charge is -2.14. The first kappa shape index (κ1) is 15.5. The summed E-state index contributed by atoms with van der Waals surface area (Å²) >= 11 is 0. The maximum atomic E-state index is 12.7. The summed E-state index contributed by atoms with van der Waals surface area (Å²) < 4.78 is 42.4. The van der Waals surface area contributed by atoms with Crippen molar-refractivity contribution in [2.75, 3.05) is 11.4 Å². The fourth-order valence-electron chi connectivity index (χ4n) is 2.94. The third-order valence-electron chi connectivity index (χ3n) is 4.00. The van der Waals surface area contributed by atoms with Crippen molar-refractivity contribution in [3.63, 3.8) is 0 Å². The number of hydrogen-bond donors (Lipinski definition) is 0. The molecular weight excluding hydrogens is 335 g/mol. The number of hydrogen-bond acceptors (Lipinski definition) is 3. The highest BCUT2D eigenvalue weighted by Crippen LogP contribution is 2.29. The van der Waals surface area contributed by atoms with Gasteiger partial charge in [-0.05, 0) is 36.4 Å². The first-order chi connectivity index (χ1) is 11.9. The van der Waals surface area contributed by atoms with Crippen LogP contribution in [-0.2, 0) is 6.54 Å². The van der Waals surface area contributed by atoms with E-state index in [2.05, 4.69) is 9.72 Å². The van der Waals surface area contributed by atoms with Gasteiger partial charge in [0.2, 0.25) is 5.95 Å². The lowest BCUT2D eigenvalue weighted by molar-refractivity contribution is -0.274. The molecule has 0 spiro atoms. The van der Waals surface area contributed by atoms with Crippen molar-refractivity contribution >= 4 is 22.9 Å². The van der Waals surface area contributed by atoms with Crippen LogP contribution in [0.1, 0.15) is 10.4 Å². The number of ether oxygens (including phenoxy) is 1. The molecule has 0 bridgehead atoms. The normalized spacial score (nSPS) is 14.0. The van der Waals surface area contributed by atoms with Gasteiger partial charge in [0.05, 0.1) is 11.0 Å². The van der Waals surface area contributed by atoms with Gasteiger partial charge >= 0.3 is 6.36 Å². The molecular formula is C17H12F3N3O2. The number of nitrogens with zero attached hydrogens (tertiary/aromatic N) is 3. The van der Waals surface area contributed by atoms with Crippen LogP contribution >= 0.6 is 0 Å². The lowest BCUT2D eigenvalue weighted by Crippen LogP contribution is -2.29. The van der Waals surface area contributed by atoms with E-state index >= 15 is 0 Å². The summed E-state index contributed by atoms with van der Waals surface area (Å²) in [6.45, 7) is 1.09. The Hall–Kier alpha value is -3.03. The standard InChI is InChI=1S/C17H12F3N3O2/c18-17(19,20)25-12-7-5-11(6-8-12)15(24)23-10-9-22-14-4-2-1-3-13(14)21-16(22)23/h1-8H,9-10H2. The van der Waals surface area contributed by atoms with Gasteiger partial charge in [0.1, 0.15) is 5.75 Å². The average Bonchev–Trinajstić information content (AvgIpc) is 3.12. The summed E-state index contributed by atoms with van der Waals surface area (Å²) in [7, 11) is 0. The van der Waals surface area contributed by atoms with E-state index in [-0.39, 0.29) is 17.2 Å². The van der Waals surface area contributed by atoms with Gasteiger partial charge in [-0.3, -0.25) is 9.69 Å². The number of amides is 1. The number of halogens is 3. The van der Waals surface area contributed by atoms with E-state index in [9.17, 15) is 18.0 Å². The topological polar surface area (TPSA) is 47.4 Å². The molecule has 0 saturated carbocycles. The number of alkyl halides is 3. The van der Waals surface area contributed by atoms with Crippen molar-refractivity contribution < 1.29 is 22.7 Å². The number of anilines is 1. The Kier molecular flexibility index (Phi) is 3.41. The number of imidazole rings is 1. The lowest BCUT2D eigenvalue weighted by atomic mass is 10.2. The van der Waals surface area contributed by atoms with Gasteiger partial charge in [-0.25, -0.2) is 4.98 Å². The van der Waals surface area contributed by atoms with Crippen molar-refractivity contribution in [2.24, 2.45) is 0 Å². The molecule has 1 amide bonds. The molecule has 0 aliphatic carbocycles. The maximum absolute atomic E-state index is 12.7. The van der Waals surface area contributed by atoms with Gasteiger partial charge in [0, 0.05) is 18.7 Å². The summed E-state index contributed by atoms with van der Waals surface area (Å²) in [6.07, 6.45) is -4.76. The van der Waals surface area contributed by atoms with E-state index in [1.54, 1.807) is 0 Å². The molecule has 3 aromatic rings. The molecule has 1 aromatic heterocycles. The zero-order valence-electron chi connectivity index (χ0n) is 12.8. The van der Waals surface area contributed by atoms with Crippen LogP contribution in [-0.4, -0.2) is 28.4 Å². The molecule has 4 rings (SSSR count). The van der Waals surface area contributed by atoms with Crippen molar-refractivity contribution in [1.29, 1.82) is 0 Å². The first-order valence-electron chi connectivity index (χ1n) is 7.55. The highest BCUT2D eigenvalue weighted by atomic mass is 19.4. The number of rotatable bonds is 2. The molecule has 8 heteroatoms. The molecule has 1 aliphatic rings. The quantitative estimate of drug-likeness (QED) is 0.712.